The Balaban J connectivity index is 1.88. The zero-order chi connectivity index (χ0) is 15.2. The zero-order valence-electron chi connectivity index (χ0n) is 11.5. The Hall–Kier alpha value is -1.17. The quantitative estimate of drug-likeness (QED) is 0.847. The molecular weight excluding hydrogens is 329 g/mol. The maximum absolute atomic E-state index is 11.9. The third-order valence-corrected chi connectivity index (χ3v) is 4.59. The van der Waals surface area contributed by atoms with E-state index in [1.165, 1.54) is 11.3 Å². The standard InChI is InChI=1S/C14H15Cl2N3OS/c1-2-4-12-18-19-14(21-12)17-11(20)8-7-9-5-3-6-10(15)13(9)16/h3,5-6H,2,4,7-8H2,1H3,(H,17,19,20). The maximum Gasteiger partial charge on any atom is 0.226 e. The van der Waals surface area contributed by atoms with Crippen molar-refractivity contribution in [1.82, 2.24) is 10.2 Å². The molecule has 1 aromatic carbocycles. The third kappa shape index (κ3) is 4.66. The van der Waals surface area contributed by atoms with Crippen LogP contribution in [-0.4, -0.2) is 16.1 Å². The first-order valence-electron chi connectivity index (χ1n) is 6.65. The maximum atomic E-state index is 11.9. The van der Waals surface area contributed by atoms with Gasteiger partial charge in [-0.05, 0) is 24.5 Å². The molecule has 1 amide bonds. The molecule has 0 bridgehead atoms. The summed E-state index contributed by atoms with van der Waals surface area (Å²) in [6.07, 6.45) is 2.75. The summed E-state index contributed by atoms with van der Waals surface area (Å²) in [5, 5.41) is 13.2. The van der Waals surface area contributed by atoms with Gasteiger partial charge in [0.2, 0.25) is 11.0 Å². The number of anilines is 1. The highest BCUT2D eigenvalue weighted by atomic mass is 35.5. The Morgan fingerprint density at radius 3 is 2.86 bits per heavy atom. The average Bonchev–Trinajstić information content (AvgIpc) is 2.88. The van der Waals surface area contributed by atoms with E-state index in [9.17, 15) is 4.79 Å². The van der Waals surface area contributed by atoms with Crippen LogP contribution in [0, 0.1) is 0 Å². The van der Waals surface area contributed by atoms with E-state index in [1.807, 2.05) is 12.1 Å². The van der Waals surface area contributed by atoms with Crippen LogP contribution >= 0.6 is 34.5 Å². The first kappa shape index (κ1) is 16.2. The number of nitrogens with one attached hydrogen (secondary N) is 1. The van der Waals surface area contributed by atoms with E-state index in [-0.39, 0.29) is 5.91 Å². The van der Waals surface area contributed by atoms with Gasteiger partial charge < -0.3 is 5.32 Å². The summed E-state index contributed by atoms with van der Waals surface area (Å²) in [4.78, 5) is 11.9. The second-order valence-electron chi connectivity index (χ2n) is 4.51. The van der Waals surface area contributed by atoms with Crippen LogP contribution in [0.4, 0.5) is 5.13 Å². The molecule has 21 heavy (non-hydrogen) atoms. The molecule has 2 rings (SSSR count). The van der Waals surface area contributed by atoms with Gasteiger partial charge in [-0.3, -0.25) is 4.79 Å². The second-order valence-corrected chi connectivity index (χ2v) is 6.36. The largest absolute Gasteiger partial charge is 0.301 e. The number of hydrogen-bond donors (Lipinski definition) is 1. The number of nitrogens with zero attached hydrogens (tertiary/aromatic N) is 2. The number of carbonyl (C=O) groups excluding carboxylic acids is 1. The lowest BCUT2D eigenvalue weighted by atomic mass is 10.1. The fourth-order valence-corrected chi connectivity index (χ4v) is 3.06. The van der Waals surface area contributed by atoms with E-state index in [0.717, 1.165) is 23.4 Å². The zero-order valence-corrected chi connectivity index (χ0v) is 13.9. The molecule has 0 radical (unpaired) electrons. The van der Waals surface area contributed by atoms with E-state index in [1.54, 1.807) is 6.07 Å². The smallest absolute Gasteiger partial charge is 0.226 e. The van der Waals surface area contributed by atoms with Crippen LogP contribution in [0.5, 0.6) is 0 Å². The fraction of sp³-hybridized carbons (Fsp3) is 0.357. The number of benzene rings is 1. The molecule has 0 aliphatic carbocycles. The minimum Gasteiger partial charge on any atom is -0.301 e. The van der Waals surface area contributed by atoms with Crippen LogP contribution in [0.3, 0.4) is 0 Å². The molecule has 1 N–H and O–H groups in total. The summed E-state index contributed by atoms with van der Waals surface area (Å²) in [5.74, 6) is -0.106. The average molecular weight is 344 g/mol. The normalized spacial score (nSPS) is 10.6. The van der Waals surface area contributed by atoms with Crippen molar-refractivity contribution in [2.45, 2.75) is 32.6 Å². The summed E-state index contributed by atoms with van der Waals surface area (Å²) in [7, 11) is 0. The third-order valence-electron chi connectivity index (χ3n) is 2.83. The highest BCUT2D eigenvalue weighted by molar-refractivity contribution is 7.15. The summed E-state index contributed by atoms with van der Waals surface area (Å²) >= 11 is 13.4. The topological polar surface area (TPSA) is 54.9 Å². The summed E-state index contributed by atoms with van der Waals surface area (Å²) < 4.78 is 0. The fourth-order valence-electron chi connectivity index (χ4n) is 1.79. The van der Waals surface area contributed by atoms with Crippen molar-refractivity contribution in [3.05, 3.63) is 38.8 Å². The number of rotatable bonds is 6. The van der Waals surface area contributed by atoms with Crippen molar-refractivity contribution in [2.75, 3.05) is 5.32 Å². The Bertz CT molecular complexity index is 630. The Labute approximate surface area is 137 Å². The van der Waals surface area contributed by atoms with Gasteiger partial charge in [0.1, 0.15) is 5.01 Å². The predicted octanol–water partition coefficient (Wildman–Crippen LogP) is 4.37. The predicted molar refractivity (Wildman–Crippen MR) is 87.3 cm³/mol. The molecule has 0 fully saturated rings. The van der Waals surface area contributed by atoms with Gasteiger partial charge >= 0.3 is 0 Å². The van der Waals surface area contributed by atoms with Gasteiger partial charge in [0.05, 0.1) is 10.0 Å². The SMILES string of the molecule is CCCc1nnc(NC(=O)CCc2cccc(Cl)c2Cl)s1. The molecule has 0 saturated carbocycles. The molecule has 1 heterocycles. The van der Waals surface area contributed by atoms with Crippen LogP contribution in [0.15, 0.2) is 18.2 Å². The van der Waals surface area contributed by atoms with Crippen LogP contribution in [0.2, 0.25) is 10.0 Å². The second kappa shape index (κ2) is 7.73. The van der Waals surface area contributed by atoms with Gasteiger partial charge in [-0.2, -0.15) is 0 Å². The molecule has 0 unspecified atom stereocenters. The Kier molecular flexibility index (Phi) is 5.96. The van der Waals surface area contributed by atoms with Gasteiger partial charge in [0, 0.05) is 12.8 Å². The number of carbonyl (C=O) groups is 1. The molecule has 4 nitrogen and oxygen atoms in total. The van der Waals surface area contributed by atoms with Crippen molar-refractivity contribution < 1.29 is 4.79 Å². The Morgan fingerprint density at radius 2 is 2.10 bits per heavy atom. The highest BCUT2D eigenvalue weighted by Gasteiger charge is 2.10. The molecule has 0 aliphatic rings. The lowest BCUT2D eigenvalue weighted by Crippen LogP contribution is -2.12. The molecule has 0 saturated heterocycles. The highest BCUT2D eigenvalue weighted by Crippen LogP contribution is 2.26. The van der Waals surface area contributed by atoms with Gasteiger partial charge in [-0.25, -0.2) is 0 Å². The van der Waals surface area contributed by atoms with Gasteiger partial charge in [-0.1, -0.05) is 53.6 Å². The molecule has 7 heteroatoms. The van der Waals surface area contributed by atoms with Crippen molar-refractivity contribution in [2.24, 2.45) is 0 Å². The van der Waals surface area contributed by atoms with Crippen molar-refractivity contribution in [1.29, 1.82) is 0 Å². The number of aromatic nitrogens is 2. The Morgan fingerprint density at radius 1 is 1.29 bits per heavy atom. The molecule has 0 aliphatic heterocycles. The van der Waals surface area contributed by atoms with E-state index in [4.69, 9.17) is 23.2 Å². The molecule has 0 atom stereocenters. The lowest BCUT2D eigenvalue weighted by molar-refractivity contribution is -0.116. The van der Waals surface area contributed by atoms with Crippen molar-refractivity contribution in [3.63, 3.8) is 0 Å². The van der Waals surface area contributed by atoms with Crippen LogP contribution in [0.1, 0.15) is 30.3 Å². The van der Waals surface area contributed by atoms with Crippen molar-refractivity contribution >= 4 is 45.6 Å². The van der Waals surface area contributed by atoms with E-state index in [0.29, 0.717) is 28.0 Å². The number of hydrogen-bond acceptors (Lipinski definition) is 4. The summed E-state index contributed by atoms with van der Waals surface area (Å²) in [5.41, 5.74) is 0.864. The van der Waals surface area contributed by atoms with Crippen LogP contribution in [0.25, 0.3) is 0 Å². The number of amides is 1. The number of aryl methyl sites for hydroxylation is 2. The molecule has 2 aromatic rings. The summed E-state index contributed by atoms with van der Waals surface area (Å²) in [6.45, 7) is 2.08. The van der Waals surface area contributed by atoms with Gasteiger partial charge in [0.15, 0.2) is 0 Å². The van der Waals surface area contributed by atoms with Crippen molar-refractivity contribution in [3.8, 4) is 0 Å². The summed E-state index contributed by atoms with van der Waals surface area (Å²) in [6, 6.07) is 5.42. The van der Waals surface area contributed by atoms with E-state index >= 15 is 0 Å². The molecule has 112 valence electrons. The molecule has 0 spiro atoms. The van der Waals surface area contributed by atoms with E-state index in [2.05, 4.69) is 22.4 Å². The minimum absolute atomic E-state index is 0.106. The number of halogens is 2. The molecular formula is C14H15Cl2N3OS. The van der Waals surface area contributed by atoms with Gasteiger partial charge in [-0.15, -0.1) is 10.2 Å². The van der Waals surface area contributed by atoms with E-state index < -0.39 is 0 Å². The lowest BCUT2D eigenvalue weighted by Gasteiger charge is -2.05. The van der Waals surface area contributed by atoms with Crippen LogP contribution in [-0.2, 0) is 17.6 Å². The first-order valence-corrected chi connectivity index (χ1v) is 8.22. The monoisotopic (exact) mass is 343 g/mol. The first-order chi connectivity index (χ1) is 10.1. The van der Waals surface area contributed by atoms with Crippen LogP contribution < -0.4 is 5.32 Å². The minimum atomic E-state index is -0.106. The molecule has 1 aromatic heterocycles. The van der Waals surface area contributed by atoms with Gasteiger partial charge in [0.25, 0.3) is 0 Å².